The molecule has 0 aliphatic carbocycles. The first-order chi connectivity index (χ1) is 14.7. The van der Waals surface area contributed by atoms with Crippen molar-refractivity contribution in [1.82, 2.24) is 14.8 Å². The third kappa shape index (κ3) is 3.83. The van der Waals surface area contributed by atoms with E-state index in [1.54, 1.807) is 6.07 Å². The number of aromatic nitrogens is 1. The van der Waals surface area contributed by atoms with Gasteiger partial charge in [-0.05, 0) is 30.2 Å². The molecule has 2 saturated heterocycles. The maximum absolute atomic E-state index is 14.1. The maximum Gasteiger partial charge on any atom is 0.146 e. The van der Waals surface area contributed by atoms with Crippen LogP contribution in [0.2, 0.25) is 0 Å². The Morgan fingerprint density at radius 3 is 2.53 bits per heavy atom. The Labute approximate surface area is 176 Å². The van der Waals surface area contributed by atoms with Gasteiger partial charge in [0, 0.05) is 69.0 Å². The summed E-state index contributed by atoms with van der Waals surface area (Å²) in [6.45, 7) is 5.84. The lowest BCUT2D eigenvalue weighted by Gasteiger charge is -2.45. The average molecular weight is 409 g/mol. The molecule has 2 N–H and O–H groups in total. The monoisotopic (exact) mass is 408 g/mol. The van der Waals surface area contributed by atoms with Crippen molar-refractivity contribution < 1.29 is 9.50 Å². The summed E-state index contributed by atoms with van der Waals surface area (Å²) in [5.74, 6) is -0.156. The first-order valence-electron chi connectivity index (χ1n) is 10.9. The molecule has 3 heterocycles. The second-order valence-electron chi connectivity index (χ2n) is 8.49. The predicted molar refractivity (Wildman–Crippen MR) is 118 cm³/mol. The maximum atomic E-state index is 14.1. The molecule has 0 amide bonds. The molecule has 0 unspecified atom stereocenters. The molecule has 30 heavy (non-hydrogen) atoms. The highest BCUT2D eigenvalue weighted by Crippen LogP contribution is 2.25. The van der Waals surface area contributed by atoms with Crippen molar-refractivity contribution in [2.24, 2.45) is 0 Å². The fraction of sp³-hybridized carbons (Fsp3) is 0.417. The third-order valence-corrected chi connectivity index (χ3v) is 6.68. The van der Waals surface area contributed by atoms with Gasteiger partial charge in [0.1, 0.15) is 5.82 Å². The quantitative estimate of drug-likeness (QED) is 0.697. The number of piperidine rings is 1. The number of fused-ring (bicyclic) bond motifs is 1. The fourth-order valence-electron chi connectivity index (χ4n) is 5.06. The molecule has 2 fully saturated rings. The van der Waals surface area contributed by atoms with Gasteiger partial charge in [0.2, 0.25) is 0 Å². The van der Waals surface area contributed by atoms with E-state index >= 15 is 0 Å². The minimum atomic E-state index is -0.357. The minimum absolute atomic E-state index is 0.156. The summed E-state index contributed by atoms with van der Waals surface area (Å²) in [4.78, 5) is 10.2. The second-order valence-corrected chi connectivity index (χ2v) is 8.49. The Morgan fingerprint density at radius 1 is 0.967 bits per heavy atom. The average Bonchev–Trinajstić information content (AvgIpc) is 3.17. The van der Waals surface area contributed by atoms with Crippen LogP contribution in [-0.4, -0.2) is 71.3 Å². The number of hydrogen-bond donors (Lipinski definition) is 2. The molecule has 0 bridgehead atoms. The van der Waals surface area contributed by atoms with Crippen molar-refractivity contribution in [3.05, 3.63) is 66.1 Å². The Balaban J connectivity index is 1.17. The van der Waals surface area contributed by atoms with Crippen LogP contribution in [0.25, 0.3) is 10.9 Å². The molecular weight excluding hydrogens is 379 g/mol. The summed E-state index contributed by atoms with van der Waals surface area (Å²) < 4.78 is 14.1. The van der Waals surface area contributed by atoms with Crippen molar-refractivity contribution in [2.45, 2.75) is 25.1 Å². The SMILES string of the molecule is O[C@@H]1CN(Cc2c[nH]c3ccccc23)CC[C@H]1N1CCN(c2ccccc2F)CC1. The van der Waals surface area contributed by atoms with Gasteiger partial charge >= 0.3 is 0 Å². The Morgan fingerprint density at radius 2 is 1.73 bits per heavy atom. The Kier molecular flexibility index (Phi) is 5.46. The molecule has 3 aromatic rings. The molecule has 5 rings (SSSR count). The largest absolute Gasteiger partial charge is 0.390 e. The molecule has 158 valence electrons. The molecule has 0 radical (unpaired) electrons. The second kappa shape index (κ2) is 8.38. The number of piperazine rings is 1. The van der Waals surface area contributed by atoms with Crippen LogP contribution in [0.5, 0.6) is 0 Å². The molecule has 2 aliphatic rings. The highest BCUT2D eigenvalue weighted by molar-refractivity contribution is 5.82. The van der Waals surface area contributed by atoms with Crippen LogP contribution in [0, 0.1) is 5.82 Å². The van der Waals surface area contributed by atoms with E-state index in [0.717, 1.165) is 51.2 Å². The van der Waals surface area contributed by atoms with E-state index in [-0.39, 0.29) is 18.0 Å². The number of hydrogen-bond acceptors (Lipinski definition) is 4. The van der Waals surface area contributed by atoms with E-state index in [1.807, 2.05) is 18.2 Å². The van der Waals surface area contributed by atoms with Crippen molar-refractivity contribution in [3.63, 3.8) is 0 Å². The van der Waals surface area contributed by atoms with Crippen LogP contribution in [0.1, 0.15) is 12.0 Å². The highest BCUT2D eigenvalue weighted by Gasteiger charge is 2.34. The molecule has 2 atom stereocenters. The van der Waals surface area contributed by atoms with Crippen LogP contribution in [-0.2, 0) is 6.54 Å². The van der Waals surface area contributed by atoms with E-state index < -0.39 is 0 Å². The zero-order valence-electron chi connectivity index (χ0n) is 17.2. The summed E-state index contributed by atoms with van der Waals surface area (Å²) in [5, 5.41) is 12.2. The normalized spacial score (nSPS) is 23.9. The molecule has 6 heteroatoms. The van der Waals surface area contributed by atoms with Gasteiger partial charge in [-0.25, -0.2) is 4.39 Å². The van der Waals surface area contributed by atoms with E-state index in [1.165, 1.54) is 17.0 Å². The number of likely N-dealkylation sites (tertiary alicyclic amines) is 1. The minimum Gasteiger partial charge on any atom is -0.390 e. The van der Waals surface area contributed by atoms with E-state index in [0.29, 0.717) is 12.2 Å². The Bertz CT molecular complexity index is 998. The standard InChI is InChI=1S/C24H29FN4O/c25-20-6-2-4-8-22(20)28-11-13-29(14-12-28)23-9-10-27(17-24(23)30)16-18-15-26-21-7-3-1-5-19(18)21/h1-8,15,23-24,26,30H,9-14,16-17H2/t23-,24-/m1/s1. The number of benzene rings is 2. The van der Waals surface area contributed by atoms with E-state index in [4.69, 9.17) is 0 Å². The first-order valence-corrected chi connectivity index (χ1v) is 10.9. The van der Waals surface area contributed by atoms with Gasteiger partial charge in [-0.3, -0.25) is 9.80 Å². The number of halogens is 1. The lowest BCUT2D eigenvalue weighted by atomic mass is 9.98. The van der Waals surface area contributed by atoms with Crippen molar-refractivity contribution in [3.8, 4) is 0 Å². The molecule has 2 aromatic carbocycles. The predicted octanol–water partition coefficient (Wildman–Crippen LogP) is 3.06. The lowest BCUT2D eigenvalue weighted by molar-refractivity contribution is -0.0171. The molecule has 1 aromatic heterocycles. The number of anilines is 1. The fourth-order valence-corrected chi connectivity index (χ4v) is 5.06. The Hall–Kier alpha value is -2.41. The zero-order valence-corrected chi connectivity index (χ0v) is 17.2. The number of aromatic amines is 1. The van der Waals surface area contributed by atoms with Gasteiger partial charge < -0.3 is 15.0 Å². The lowest BCUT2D eigenvalue weighted by Crippen LogP contribution is -2.58. The molecule has 0 saturated carbocycles. The van der Waals surface area contributed by atoms with Gasteiger partial charge in [0.15, 0.2) is 0 Å². The third-order valence-electron chi connectivity index (χ3n) is 6.68. The van der Waals surface area contributed by atoms with Crippen LogP contribution in [0.3, 0.4) is 0 Å². The van der Waals surface area contributed by atoms with Crippen LogP contribution in [0.4, 0.5) is 10.1 Å². The van der Waals surface area contributed by atoms with Crippen LogP contribution >= 0.6 is 0 Å². The number of para-hydroxylation sites is 2. The van der Waals surface area contributed by atoms with E-state index in [9.17, 15) is 9.50 Å². The van der Waals surface area contributed by atoms with Gasteiger partial charge in [0.25, 0.3) is 0 Å². The smallest absolute Gasteiger partial charge is 0.146 e. The number of aliphatic hydroxyl groups excluding tert-OH is 1. The number of nitrogens with one attached hydrogen (secondary N) is 1. The highest BCUT2D eigenvalue weighted by atomic mass is 19.1. The summed E-state index contributed by atoms with van der Waals surface area (Å²) in [6, 6.07) is 15.5. The van der Waals surface area contributed by atoms with Crippen LogP contribution < -0.4 is 4.90 Å². The number of H-pyrrole nitrogens is 1. The van der Waals surface area contributed by atoms with Crippen LogP contribution in [0.15, 0.2) is 54.7 Å². The summed E-state index contributed by atoms with van der Waals surface area (Å²) >= 11 is 0. The van der Waals surface area contributed by atoms with Crippen molar-refractivity contribution >= 4 is 16.6 Å². The summed E-state index contributed by atoms with van der Waals surface area (Å²) in [6.07, 6.45) is 2.69. The molecule has 2 aliphatic heterocycles. The van der Waals surface area contributed by atoms with Crippen molar-refractivity contribution in [1.29, 1.82) is 0 Å². The van der Waals surface area contributed by atoms with Gasteiger partial charge in [-0.15, -0.1) is 0 Å². The zero-order chi connectivity index (χ0) is 20.5. The van der Waals surface area contributed by atoms with Crippen molar-refractivity contribution in [2.75, 3.05) is 44.2 Å². The van der Waals surface area contributed by atoms with Gasteiger partial charge in [-0.1, -0.05) is 30.3 Å². The van der Waals surface area contributed by atoms with Gasteiger partial charge in [0.05, 0.1) is 11.8 Å². The molecular formula is C24H29FN4O. The number of nitrogens with zero attached hydrogens (tertiary/aromatic N) is 3. The topological polar surface area (TPSA) is 45.7 Å². The summed E-state index contributed by atoms with van der Waals surface area (Å²) in [5.41, 5.74) is 3.14. The number of β-amino-alcohol motifs (C(OH)–C–C–N with tert-alkyl or cyclic N) is 1. The summed E-state index contributed by atoms with van der Waals surface area (Å²) in [7, 11) is 0. The molecule has 5 nitrogen and oxygen atoms in total. The van der Waals surface area contributed by atoms with E-state index in [2.05, 4.69) is 44.1 Å². The number of rotatable bonds is 4. The first kappa shape index (κ1) is 19.5. The molecule has 0 spiro atoms. The number of aliphatic hydroxyl groups is 1. The van der Waals surface area contributed by atoms with Gasteiger partial charge in [-0.2, -0.15) is 0 Å².